The topological polar surface area (TPSA) is 102 Å². The zero-order valence-corrected chi connectivity index (χ0v) is 9.41. The molecular weight excluding hydrogens is 228 g/mol. The van der Waals surface area contributed by atoms with Gasteiger partial charge < -0.3 is 25.4 Å². The SMILES string of the molecule is CC1=CN([C@H]2CC(O)[C@@H](CO)O2)C(=O)NC1O. The van der Waals surface area contributed by atoms with E-state index in [9.17, 15) is 15.0 Å². The van der Waals surface area contributed by atoms with Gasteiger partial charge >= 0.3 is 6.03 Å². The second kappa shape index (κ2) is 4.61. The van der Waals surface area contributed by atoms with Gasteiger partial charge in [-0.3, -0.25) is 4.90 Å². The summed E-state index contributed by atoms with van der Waals surface area (Å²) < 4.78 is 5.36. The first-order valence-electron chi connectivity index (χ1n) is 5.42. The summed E-state index contributed by atoms with van der Waals surface area (Å²) >= 11 is 0. The Morgan fingerprint density at radius 2 is 2.29 bits per heavy atom. The quantitative estimate of drug-likeness (QED) is 0.483. The van der Waals surface area contributed by atoms with Crippen LogP contribution in [-0.2, 0) is 4.74 Å². The highest BCUT2D eigenvalue weighted by atomic mass is 16.5. The van der Waals surface area contributed by atoms with Crippen molar-refractivity contribution in [3.8, 4) is 0 Å². The molecule has 2 heterocycles. The Bertz CT molecular complexity index is 346. The highest BCUT2D eigenvalue weighted by Gasteiger charge is 2.39. The highest BCUT2D eigenvalue weighted by Crippen LogP contribution is 2.25. The molecule has 96 valence electrons. The molecule has 0 radical (unpaired) electrons. The van der Waals surface area contributed by atoms with Crippen molar-refractivity contribution >= 4 is 6.03 Å². The molecule has 0 spiro atoms. The van der Waals surface area contributed by atoms with E-state index < -0.39 is 30.7 Å². The molecule has 7 heteroatoms. The van der Waals surface area contributed by atoms with E-state index in [1.807, 2.05) is 0 Å². The molecule has 0 aliphatic carbocycles. The van der Waals surface area contributed by atoms with Crippen LogP contribution in [0.1, 0.15) is 13.3 Å². The van der Waals surface area contributed by atoms with Crippen LogP contribution in [-0.4, -0.2) is 57.5 Å². The minimum absolute atomic E-state index is 0.235. The summed E-state index contributed by atoms with van der Waals surface area (Å²) in [6, 6.07) is -0.487. The third-order valence-electron chi connectivity index (χ3n) is 2.96. The monoisotopic (exact) mass is 244 g/mol. The third kappa shape index (κ3) is 2.27. The molecule has 2 rings (SSSR count). The predicted molar refractivity (Wildman–Crippen MR) is 56.5 cm³/mol. The van der Waals surface area contributed by atoms with Crippen LogP contribution in [0.15, 0.2) is 11.8 Å². The Balaban J connectivity index is 2.11. The van der Waals surface area contributed by atoms with Crippen LogP contribution in [0.2, 0.25) is 0 Å². The second-order valence-electron chi connectivity index (χ2n) is 4.25. The molecule has 1 saturated heterocycles. The van der Waals surface area contributed by atoms with Crippen LogP contribution in [0, 0.1) is 0 Å². The number of carbonyl (C=O) groups excluding carboxylic acids is 1. The van der Waals surface area contributed by atoms with Crippen molar-refractivity contribution in [2.24, 2.45) is 0 Å². The molecule has 0 aromatic carbocycles. The molecule has 1 fully saturated rings. The molecule has 7 nitrogen and oxygen atoms in total. The molecule has 4 N–H and O–H groups in total. The minimum Gasteiger partial charge on any atom is -0.394 e. The lowest BCUT2D eigenvalue weighted by molar-refractivity contribution is -0.0560. The molecule has 2 aliphatic rings. The van der Waals surface area contributed by atoms with Crippen LogP contribution in [0.25, 0.3) is 0 Å². The lowest BCUT2D eigenvalue weighted by Gasteiger charge is -2.31. The lowest BCUT2D eigenvalue weighted by Crippen LogP contribution is -2.51. The standard InChI is InChI=1S/C10H16N2O5/c1-5-3-12(10(16)11-9(5)15)8-2-6(14)7(4-13)17-8/h3,6-9,13-15H,2,4H2,1H3,(H,11,16)/t6?,7-,8-,9?/m1/s1. The van der Waals surface area contributed by atoms with Gasteiger partial charge in [-0.2, -0.15) is 0 Å². The summed E-state index contributed by atoms with van der Waals surface area (Å²) in [4.78, 5) is 12.9. The first-order chi connectivity index (χ1) is 8.02. The van der Waals surface area contributed by atoms with E-state index in [1.165, 1.54) is 11.1 Å². The van der Waals surface area contributed by atoms with Crippen molar-refractivity contribution in [3.63, 3.8) is 0 Å². The number of hydrogen-bond donors (Lipinski definition) is 4. The van der Waals surface area contributed by atoms with E-state index in [-0.39, 0.29) is 13.0 Å². The zero-order chi connectivity index (χ0) is 12.6. The van der Waals surface area contributed by atoms with E-state index >= 15 is 0 Å². The third-order valence-corrected chi connectivity index (χ3v) is 2.96. The summed E-state index contributed by atoms with van der Waals surface area (Å²) in [6.07, 6.45) is -1.35. The maximum Gasteiger partial charge on any atom is 0.325 e. The van der Waals surface area contributed by atoms with Crippen LogP contribution in [0.5, 0.6) is 0 Å². The van der Waals surface area contributed by atoms with E-state index in [0.29, 0.717) is 5.57 Å². The van der Waals surface area contributed by atoms with Crippen LogP contribution in [0.4, 0.5) is 4.79 Å². The van der Waals surface area contributed by atoms with Crippen LogP contribution in [0.3, 0.4) is 0 Å². The molecule has 17 heavy (non-hydrogen) atoms. The first-order valence-corrected chi connectivity index (χ1v) is 5.42. The number of nitrogens with zero attached hydrogens (tertiary/aromatic N) is 1. The van der Waals surface area contributed by atoms with Gasteiger partial charge in [-0.1, -0.05) is 0 Å². The molecule has 0 aromatic rings. The molecule has 2 aliphatic heterocycles. The van der Waals surface area contributed by atoms with E-state index in [2.05, 4.69) is 5.32 Å². The minimum atomic E-state index is -0.987. The number of aliphatic hydroxyl groups is 3. The molecular formula is C10H16N2O5. The van der Waals surface area contributed by atoms with Gasteiger partial charge in [0, 0.05) is 12.6 Å². The number of rotatable bonds is 2. The lowest BCUT2D eigenvalue weighted by atomic mass is 10.2. The zero-order valence-electron chi connectivity index (χ0n) is 9.41. The van der Waals surface area contributed by atoms with Gasteiger partial charge in [0.2, 0.25) is 0 Å². The predicted octanol–water partition coefficient (Wildman–Crippen LogP) is -1.30. The molecule has 2 unspecified atom stereocenters. The van der Waals surface area contributed by atoms with Crippen molar-refractivity contribution < 1.29 is 24.9 Å². The fourth-order valence-electron chi connectivity index (χ4n) is 1.92. The van der Waals surface area contributed by atoms with Gasteiger partial charge in [-0.25, -0.2) is 4.79 Å². The fraction of sp³-hybridized carbons (Fsp3) is 0.700. The van der Waals surface area contributed by atoms with Crippen molar-refractivity contribution in [2.45, 2.75) is 38.0 Å². The second-order valence-corrected chi connectivity index (χ2v) is 4.25. The molecule has 0 saturated carbocycles. The van der Waals surface area contributed by atoms with E-state index in [0.717, 1.165) is 0 Å². The maximum absolute atomic E-state index is 11.6. The normalized spacial score (nSPS) is 38.0. The number of nitrogens with one attached hydrogen (secondary N) is 1. The first kappa shape index (κ1) is 12.3. The number of hydrogen-bond acceptors (Lipinski definition) is 5. The van der Waals surface area contributed by atoms with Crippen LogP contribution >= 0.6 is 0 Å². The Labute approximate surface area is 98.3 Å². The van der Waals surface area contributed by atoms with Gasteiger partial charge in [0.25, 0.3) is 0 Å². The molecule has 4 atom stereocenters. The highest BCUT2D eigenvalue weighted by molar-refractivity contribution is 5.77. The summed E-state index contributed by atoms with van der Waals surface area (Å²) in [7, 11) is 0. The number of aliphatic hydroxyl groups excluding tert-OH is 3. The maximum atomic E-state index is 11.6. The summed E-state index contributed by atoms with van der Waals surface area (Å²) in [5.41, 5.74) is 0.579. The van der Waals surface area contributed by atoms with Crippen LogP contribution < -0.4 is 5.32 Å². The van der Waals surface area contributed by atoms with Crippen molar-refractivity contribution in [3.05, 3.63) is 11.8 Å². The van der Waals surface area contributed by atoms with Gasteiger partial charge in [-0.15, -0.1) is 0 Å². The van der Waals surface area contributed by atoms with Gasteiger partial charge in [-0.05, 0) is 12.5 Å². The molecule has 0 aromatic heterocycles. The average molecular weight is 244 g/mol. The fourth-order valence-corrected chi connectivity index (χ4v) is 1.92. The van der Waals surface area contributed by atoms with Gasteiger partial charge in [0.05, 0.1) is 12.7 Å². The summed E-state index contributed by atoms with van der Waals surface area (Å²) in [5.74, 6) is 0. The Morgan fingerprint density at radius 3 is 2.88 bits per heavy atom. The molecule has 2 amide bonds. The largest absolute Gasteiger partial charge is 0.394 e. The van der Waals surface area contributed by atoms with Gasteiger partial charge in [0.1, 0.15) is 12.3 Å². The smallest absolute Gasteiger partial charge is 0.325 e. The van der Waals surface area contributed by atoms with Crippen molar-refractivity contribution in [2.75, 3.05) is 6.61 Å². The number of amides is 2. The number of ether oxygens (including phenoxy) is 1. The van der Waals surface area contributed by atoms with E-state index in [4.69, 9.17) is 9.84 Å². The number of urea groups is 1. The van der Waals surface area contributed by atoms with Gasteiger partial charge in [0.15, 0.2) is 6.23 Å². The Kier molecular flexibility index (Phi) is 3.34. The van der Waals surface area contributed by atoms with E-state index in [1.54, 1.807) is 6.92 Å². The summed E-state index contributed by atoms with van der Waals surface area (Å²) in [5, 5.41) is 30.3. The average Bonchev–Trinajstić information content (AvgIpc) is 2.65. The number of carbonyl (C=O) groups is 1. The van der Waals surface area contributed by atoms with Crippen molar-refractivity contribution in [1.29, 1.82) is 0 Å². The summed E-state index contributed by atoms with van der Waals surface area (Å²) in [6.45, 7) is 1.38. The Morgan fingerprint density at radius 1 is 1.59 bits per heavy atom. The van der Waals surface area contributed by atoms with Crippen molar-refractivity contribution in [1.82, 2.24) is 10.2 Å². The Hall–Kier alpha value is -1.15. The molecule has 0 bridgehead atoms.